The normalized spacial score (nSPS) is 19.2. The molecule has 0 aromatic carbocycles. The van der Waals surface area contributed by atoms with Gasteiger partial charge in [-0.05, 0) is 30.2 Å². The molecule has 0 spiro atoms. The van der Waals surface area contributed by atoms with Crippen molar-refractivity contribution in [2.75, 3.05) is 19.6 Å². The smallest absolute Gasteiger partial charge is 0.123 e. The molecule has 2 rings (SSSR count). The molecule has 2 N–H and O–H groups in total. The third kappa shape index (κ3) is 1.99. The maximum atomic E-state index is 9.13. The van der Waals surface area contributed by atoms with Crippen LogP contribution in [0, 0.1) is 17.2 Å². The van der Waals surface area contributed by atoms with Crippen LogP contribution in [0.5, 0.6) is 0 Å². The van der Waals surface area contributed by atoms with Gasteiger partial charge in [0, 0.05) is 25.5 Å². The Morgan fingerprint density at radius 3 is 2.73 bits per heavy atom. The summed E-state index contributed by atoms with van der Waals surface area (Å²) in [6.07, 6.45) is 3.44. The van der Waals surface area contributed by atoms with E-state index in [1.54, 1.807) is 12.4 Å². The summed E-state index contributed by atoms with van der Waals surface area (Å²) in [4.78, 5) is 6.09. The van der Waals surface area contributed by atoms with Gasteiger partial charge in [0.15, 0.2) is 0 Å². The lowest BCUT2D eigenvalue weighted by molar-refractivity contribution is 0.0798. The lowest BCUT2D eigenvalue weighted by Crippen LogP contribution is -2.50. The maximum absolute atomic E-state index is 9.13. The topological polar surface area (TPSA) is 65.9 Å². The van der Waals surface area contributed by atoms with Crippen LogP contribution >= 0.6 is 0 Å². The molecular weight excluding hydrogens is 188 g/mol. The fraction of sp³-hybridized carbons (Fsp3) is 0.455. The van der Waals surface area contributed by atoms with E-state index in [1.165, 1.54) is 0 Å². The van der Waals surface area contributed by atoms with Crippen molar-refractivity contribution < 1.29 is 0 Å². The van der Waals surface area contributed by atoms with Crippen LogP contribution in [0.15, 0.2) is 24.5 Å². The second-order valence-corrected chi connectivity index (χ2v) is 3.87. The van der Waals surface area contributed by atoms with E-state index < -0.39 is 0 Å². The van der Waals surface area contributed by atoms with E-state index in [2.05, 4.69) is 16.0 Å². The minimum Gasteiger partial charge on any atom is -0.330 e. The summed E-state index contributed by atoms with van der Waals surface area (Å²) in [6, 6.07) is 5.96. The van der Waals surface area contributed by atoms with E-state index in [-0.39, 0.29) is 6.04 Å². The third-order valence-electron chi connectivity index (χ3n) is 2.83. The van der Waals surface area contributed by atoms with Crippen LogP contribution in [0.1, 0.15) is 11.6 Å². The van der Waals surface area contributed by atoms with Crippen molar-refractivity contribution in [3.05, 3.63) is 30.1 Å². The van der Waals surface area contributed by atoms with Crippen molar-refractivity contribution in [1.82, 2.24) is 9.88 Å². The number of nitriles is 1. The zero-order valence-electron chi connectivity index (χ0n) is 8.50. The summed E-state index contributed by atoms with van der Waals surface area (Å²) in [5, 5.41) is 9.13. The molecular formula is C11H14N4. The molecule has 1 aliphatic rings. The minimum atomic E-state index is -0.143. The first-order chi connectivity index (χ1) is 7.35. The molecule has 0 saturated carbocycles. The SMILES string of the molecule is N#C[C@H](c1ccncc1)N1CC(CN)C1. The van der Waals surface area contributed by atoms with Crippen LogP contribution < -0.4 is 5.73 Å². The van der Waals surface area contributed by atoms with Crippen molar-refractivity contribution in [3.63, 3.8) is 0 Å². The van der Waals surface area contributed by atoms with Crippen LogP contribution in [0.25, 0.3) is 0 Å². The molecule has 2 heterocycles. The van der Waals surface area contributed by atoms with Gasteiger partial charge in [-0.1, -0.05) is 0 Å². The quantitative estimate of drug-likeness (QED) is 0.776. The molecule has 0 unspecified atom stereocenters. The van der Waals surface area contributed by atoms with Gasteiger partial charge in [0.25, 0.3) is 0 Å². The van der Waals surface area contributed by atoms with Crippen molar-refractivity contribution in [2.45, 2.75) is 6.04 Å². The first kappa shape index (κ1) is 10.1. The van der Waals surface area contributed by atoms with Crippen LogP contribution in [0.4, 0.5) is 0 Å². The van der Waals surface area contributed by atoms with Gasteiger partial charge in [-0.25, -0.2) is 0 Å². The Bertz CT molecular complexity index is 351. The minimum absolute atomic E-state index is 0.143. The second kappa shape index (κ2) is 4.39. The van der Waals surface area contributed by atoms with Crippen LogP contribution in [-0.4, -0.2) is 29.5 Å². The lowest BCUT2D eigenvalue weighted by atomic mass is 9.95. The number of pyridine rings is 1. The Hall–Kier alpha value is -1.44. The zero-order chi connectivity index (χ0) is 10.7. The zero-order valence-corrected chi connectivity index (χ0v) is 8.50. The molecule has 0 aliphatic carbocycles. The van der Waals surface area contributed by atoms with Gasteiger partial charge in [-0.3, -0.25) is 9.88 Å². The monoisotopic (exact) mass is 202 g/mol. The molecule has 1 saturated heterocycles. The van der Waals surface area contributed by atoms with E-state index in [1.807, 2.05) is 12.1 Å². The summed E-state index contributed by atoms with van der Waals surface area (Å²) in [5.74, 6) is 0.558. The lowest BCUT2D eigenvalue weighted by Gasteiger charge is -2.41. The van der Waals surface area contributed by atoms with Crippen LogP contribution in [0.3, 0.4) is 0 Å². The summed E-state index contributed by atoms with van der Waals surface area (Å²) < 4.78 is 0. The molecule has 0 amide bonds. The fourth-order valence-corrected chi connectivity index (χ4v) is 1.88. The molecule has 0 bridgehead atoms. The van der Waals surface area contributed by atoms with E-state index in [0.29, 0.717) is 12.5 Å². The summed E-state index contributed by atoms with van der Waals surface area (Å²) >= 11 is 0. The fourth-order valence-electron chi connectivity index (χ4n) is 1.88. The maximum Gasteiger partial charge on any atom is 0.123 e. The molecule has 1 aromatic heterocycles. The number of nitrogens with zero attached hydrogens (tertiary/aromatic N) is 3. The summed E-state index contributed by atoms with van der Waals surface area (Å²) in [6.45, 7) is 2.57. The van der Waals surface area contributed by atoms with Gasteiger partial charge in [0.2, 0.25) is 0 Å². The highest BCUT2D eigenvalue weighted by Gasteiger charge is 2.32. The van der Waals surface area contributed by atoms with E-state index >= 15 is 0 Å². The van der Waals surface area contributed by atoms with Gasteiger partial charge >= 0.3 is 0 Å². The number of likely N-dealkylation sites (tertiary alicyclic amines) is 1. The first-order valence-corrected chi connectivity index (χ1v) is 5.09. The first-order valence-electron chi connectivity index (χ1n) is 5.09. The average Bonchev–Trinajstić information content (AvgIpc) is 2.24. The molecule has 4 nitrogen and oxygen atoms in total. The molecule has 15 heavy (non-hydrogen) atoms. The highest BCUT2D eigenvalue weighted by atomic mass is 15.2. The summed E-state index contributed by atoms with van der Waals surface area (Å²) in [5.41, 5.74) is 6.57. The highest BCUT2D eigenvalue weighted by Crippen LogP contribution is 2.27. The van der Waals surface area contributed by atoms with E-state index in [4.69, 9.17) is 11.0 Å². The molecule has 78 valence electrons. The predicted octanol–water partition coefficient (Wildman–Crippen LogP) is 0.537. The van der Waals surface area contributed by atoms with Crippen molar-refractivity contribution in [2.24, 2.45) is 11.7 Å². The van der Waals surface area contributed by atoms with Crippen molar-refractivity contribution >= 4 is 0 Å². The van der Waals surface area contributed by atoms with Crippen LogP contribution in [-0.2, 0) is 0 Å². The predicted molar refractivity (Wildman–Crippen MR) is 56.7 cm³/mol. The summed E-state index contributed by atoms with van der Waals surface area (Å²) in [7, 11) is 0. The van der Waals surface area contributed by atoms with Crippen molar-refractivity contribution in [1.29, 1.82) is 5.26 Å². The Morgan fingerprint density at radius 1 is 1.53 bits per heavy atom. The number of aromatic nitrogens is 1. The number of hydrogen-bond donors (Lipinski definition) is 1. The Balaban J connectivity index is 2.04. The van der Waals surface area contributed by atoms with Gasteiger partial charge in [-0.2, -0.15) is 5.26 Å². The van der Waals surface area contributed by atoms with Gasteiger partial charge in [-0.15, -0.1) is 0 Å². The third-order valence-corrected chi connectivity index (χ3v) is 2.83. The molecule has 1 fully saturated rings. The second-order valence-electron chi connectivity index (χ2n) is 3.87. The Morgan fingerprint density at radius 2 is 2.20 bits per heavy atom. The average molecular weight is 202 g/mol. The molecule has 1 aromatic rings. The molecule has 1 atom stereocenters. The van der Waals surface area contributed by atoms with Crippen molar-refractivity contribution in [3.8, 4) is 6.07 Å². The molecule has 4 heteroatoms. The van der Waals surface area contributed by atoms with E-state index in [9.17, 15) is 0 Å². The van der Waals surface area contributed by atoms with Gasteiger partial charge < -0.3 is 5.73 Å². The number of hydrogen-bond acceptors (Lipinski definition) is 4. The van der Waals surface area contributed by atoms with Crippen LogP contribution in [0.2, 0.25) is 0 Å². The number of nitrogens with two attached hydrogens (primary N) is 1. The Kier molecular flexibility index (Phi) is 2.95. The highest BCUT2D eigenvalue weighted by molar-refractivity contribution is 5.22. The molecule has 1 aliphatic heterocycles. The number of rotatable bonds is 3. The van der Waals surface area contributed by atoms with Gasteiger partial charge in [0.05, 0.1) is 6.07 Å². The standard InChI is InChI=1S/C11H14N4/c12-5-9-7-15(8-9)11(6-13)10-1-3-14-4-2-10/h1-4,9,11H,5,7-8,12H2/t11-/m1/s1. The largest absolute Gasteiger partial charge is 0.330 e. The molecule has 0 radical (unpaired) electrons. The Labute approximate surface area is 89.3 Å². The van der Waals surface area contributed by atoms with Gasteiger partial charge in [0.1, 0.15) is 6.04 Å². The van der Waals surface area contributed by atoms with E-state index in [0.717, 1.165) is 18.7 Å².